The second-order valence-electron chi connectivity index (χ2n) is 2.74. The van der Waals surface area contributed by atoms with Gasteiger partial charge in [-0.3, -0.25) is 0 Å². The lowest BCUT2D eigenvalue weighted by Crippen LogP contribution is -2.18. The maximum absolute atomic E-state index is 5.62. The van der Waals surface area contributed by atoms with E-state index in [4.69, 9.17) is 5.73 Å². The van der Waals surface area contributed by atoms with Crippen LogP contribution in [-0.2, 0) is 0 Å². The van der Waals surface area contributed by atoms with Gasteiger partial charge in [-0.25, -0.2) is 4.99 Å². The van der Waals surface area contributed by atoms with E-state index in [1.807, 2.05) is 26.8 Å². The molecule has 0 aliphatic carbocycles. The van der Waals surface area contributed by atoms with Crippen LogP contribution in [0.4, 0.5) is 0 Å². The van der Waals surface area contributed by atoms with Gasteiger partial charge in [0.15, 0.2) is 0 Å². The molecule has 0 amide bonds. The molecule has 0 saturated carbocycles. The van der Waals surface area contributed by atoms with E-state index in [1.165, 1.54) is 0 Å². The molecule has 0 bridgehead atoms. The SMILES string of the molecule is C=C/C=C(/C)N=C(N)C(C)C. The van der Waals surface area contributed by atoms with Crippen LogP contribution in [0.3, 0.4) is 0 Å². The fourth-order valence-electron chi connectivity index (χ4n) is 0.541. The first-order valence-corrected chi connectivity index (χ1v) is 3.71. The molecule has 0 radical (unpaired) electrons. The van der Waals surface area contributed by atoms with Crippen molar-refractivity contribution in [3.8, 4) is 0 Å². The molecule has 0 unspecified atom stereocenters. The van der Waals surface area contributed by atoms with E-state index in [1.54, 1.807) is 6.08 Å². The Morgan fingerprint density at radius 3 is 2.45 bits per heavy atom. The fraction of sp³-hybridized carbons (Fsp3) is 0.444. The van der Waals surface area contributed by atoms with Gasteiger partial charge in [-0.05, 0) is 13.0 Å². The van der Waals surface area contributed by atoms with Gasteiger partial charge >= 0.3 is 0 Å². The molecule has 11 heavy (non-hydrogen) atoms. The Morgan fingerprint density at radius 2 is 2.09 bits per heavy atom. The highest BCUT2D eigenvalue weighted by molar-refractivity contribution is 5.83. The second-order valence-corrected chi connectivity index (χ2v) is 2.74. The van der Waals surface area contributed by atoms with Gasteiger partial charge in [0.1, 0.15) is 5.84 Å². The molecule has 0 atom stereocenters. The van der Waals surface area contributed by atoms with Gasteiger partial charge in [0, 0.05) is 11.6 Å². The zero-order chi connectivity index (χ0) is 8.85. The number of amidine groups is 1. The monoisotopic (exact) mass is 152 g/mol. The van der Waals surface area contributed by atoms with Crippen LogP contribution in [0.15, 0.2) is 29.4 Å². The van der Waals surface area contributed by atoms with Gasteiger partial charge in [0.2, 0.25) is 0 Å². The lowest BCUT2D eigenvalue weighted by molar-refractivity contribution is 0.869. The van der Waals surface area contributed by atoms with E-state index >= 15 is 0 Å². The molecule has 0 heterocycles. The molecule has 0 saturated heterocycles. The topological polar surface area (TPSA) is 38.4 Å². The summed E-state index contributed by atoms with van der Waals surface area (Å²) in [4.78, 5) is 4.15. The molecule has 2 N–H and O–H groups in total. The summed E-state index contributed by atoms with van der Waals surface area (Å²) in [6, 6.07) is 0. The summed E-state index contributed by atoms with van der Waals surface area (Å²) in [5.41, 5.74) is 6.52. The van der Waals surface area contributed by atoms with Crippen LogP contribution < -0.4 is 5.73 Å². The number of nitrogens with two attached hydrogens (primary N) is 1. The smallest absolute Gasteiger partial charge is 0.102 e. The van der Waals surface area contributed by atoms with Crippen molar-refractivity contribution in [3.05, 3.63) is 24.4 Å². The highest BCUT2D eigenvalue weighted by atomic mass is 14.9. The zero-order valence-corrected chi connectivity index (χ0v) is 7.46. The predicted molar refractivity (Wildman–Crippen MR) is 50.4 cm³/mol. The molecular weight excluding hydrogens is 136 g/mol. The third kappa shape index (κ3) is 4.37. The molecule has 0 rings (SSSR count). The third-order valence-electron chi connectivity index (χ3n) is 1.26. The summed E-state index contributed by atoms with van der Waals surface area (Å²) in [6.07, 6.45) is 3.53. The summed E-state index contributed by atoms with van der Waals surface area (Å²) in [6.45, 7) is 9.49. The minimum Gasteiger partial charge on any atom is -0.387 e. The molecule has 0 aromatic carbocycles. The van der Waals surface area contributed by atoms with Crippen molar-refractivity contribution in [2.75, 3.05) is 0 Å². The normalized spacial score (nSPS) is 13.8. The van der Waals surface area contributed by atoms with E-state index in [-0.39, 0.29) is 0 Å². The van der Waals surface area contributed by atoms with Gasteiger partial charge in [0.25, 0.3) is 0 Å². The van der Waals surface area contributed by atoms with Crippen LogP contribution in [0.2, 0.25) is 0 Å². The molecule has 0 aromatic rings. The fourth-order valence-corrected chi connectivity index (χ4v) is 0.541. The van der Waals surface area contributed by atoms with Gasteiger partial charge in [-0.15, -0.1) is 0 Å². The summed E-state index contributed by atoms with van der Waals surface area (Å²) in [7, 11) is 0. The minimum absolute atomic E-state index is 0.308. The molecule has 0 aromatic heterocycles. The average molecular weight is 152 g/mol. The van der Waals surface area contributed by atoms with Gasteiger partial charge in [-0.1, -0.05) is 26.5 Å². The Labute approximate surface area is 68.5 Å². The van der Waals surface area contributed by atoms with Crippen LogP contribution >= 0.6 is 0 Å². The number of hydrogen-bond acceptors (Lipinski definition) is 1. The molecule has 0 spiro atoms. The van der Waals surface area contributed by atoms with Crippen LogP contribution in [0.5, 0.6) is 0 Å². The Bertz CT molecular complexity index is 188. The van der Waals surface area contributed by atoms with E-state index in [2.05, 4.69) is 11.6 Å². The summed E-state index contributed by atoms with van der Waals surface area (Å²) >= 11 is 0. The molecule has 2 heteroatoms. The number of allylic oxidation sites excluding steroid dienone is 3. The largest absolute Gasteiger partial charge is 0.387 e. The molecule has 0 fully saturated rings. The van der Waals surface area contributed by atoms with Crippen LogP contribution in [0.25, 0.3) is 0 Å². The van der Waals surface area contributed by atoms with Gasteiger partial charge in [-0.2, -0.15) is 0 Å². The number of rotatable bonds is 3. The van der Waals surface area contributed by atoms with Crippen LogP contribution in [-0.4, -0.2) is 5.84 Å². The number of nitrogens with zero attached hydrogens (tertiary/aromatic N) is 1. The Morgan fingerprint density at radius 1 is 1.55 bits per heavy atom. The Hall–Kier alpha value is -1.05. The van der Waals surface area contributed by atoms with Crippen LogP contribution in [0.1, 0.15) is 20.8 Å². The lowest BCUT2D eigenvalue weighted by atomic mass is 10.2. The summed E-state index contributed by atoms with van der Waals surface area (Å²) in [5, 5.41) is 0. The Balaban J connectivity index is 4.30. The molecule has 2 nitrogen and oxygen atoms in total. The maximum Gasteiger partial charge on any atom is 0.102 e. The van der Waals surface area contributed by atoms with Crippen molar-refractivity contribution in [2.24, 2.45) is 16.6 Å². The summed E-state index contributed by atoms with van der Waals surface area (Å²) < 4.78 is 0. The van der Waals surface area contributed by atoms with Crippen molar-refractivity contribution >= 4 is 5.84 Å². The first-order valence-electron chi connectivity index (χ1n) is 3.71. The number of aliphatic imine (C=N–C) groups is 1. The van der Waals surface area contributed by atoms with Gasteiger partial charge < -0.3 is 5.73 Å². The maximum atomic E-state index is 5.62. The minimum atomic E-state index is 0.308. The predicted octanol–water partition coefficient (Wildman–Crippen LogP) is 2.09. The Kier molecular flexibility index (Phi) is 4.27. The standard InChI is InChI=1S/C9H16N2/c1-5-6-8(4)11-9(10)7(2)3/h5-7H,1H2,2-4H3,(H2,10,11)/b8-6-. The molecule has 62 valence electrons. The zero-order valence-electron chi connectivity index (χ0n) is 7.46. The van der Waals surface area contributed by atoms with Crippen molar-refractivity contribution < 1.29 is 0 Å². The third-order valence-corrected chi connectivity index (χ3v) is 1.26. The molecule has 0 aliphatic heterocycles. The molecular formula is C9H16N2. The second kappa shape index (κ2) is 4.72. The van der Waals surface area contributed by atoms with E-state index in [0.29, 0.717) is 11.8 Å². The first kappa shape index (κ1) is 9.95. The van der Waals surface area contributed by atoms with Gasteiger partial charge in [0.05, 0.1) is 0 Å². The molecule has 0 aliphatic rings. The lowest BCUT2D eigenvalue weighted by Gasteiger charge is -2.02. The number of hydrogen-bond donors (Lipinski definition) is 1. The van der Waals surface area contributed by atoms with Crippen LogP contribution in [0, 0.1) is 5.92 Å². The van der Waals surface area contributed by atoms with E-state index < -0.39 is 0 Å². The highest BCUT2D eigenvalue weighted by Gasteiger charge is 1.97. The highest BCUT2D eigenvalue weighted by Crippen LogP contribution is 1.99. The quantitative estimate of drug-likeness (QED) is 0.375. The summed E-state index contributed by atoms with van der Waals surface area (Å²) in [5.74, 6) is 0.976. The van der Waals surface area contributed by atoms with E-state index in [9.17, 15) is 0 Å². The van der Waals surface area contributed by atoms with E-state index in [0.717, 1.165) is 5.70 Å². The average Bonchev–Trinajstić information content (AvgIpc) is 1.87. The van der Waals surface area contributed by atoms with Crippen molar-refractivity contribution in [1.82, 2.24) is 0 Å². The van der Waals surface area contributed by atoms with Crippen molar-refractivity contribution in [3.63, 3.8) is 0 Å². The van der Waals surface area contributed by atoms with Crippen molar-refractivity contribution in [2.45, 2.75) is 20.8 Å². The van der Waals surface area contributed by atoms with Crippen molar-refractivity contribution in [1.29, 1.82) is 0 Å². The first-order chi connectivity index (χ1) is 5.07.